The highest BCUT2D eigenvalue weighted by atomic mass is 32.1. The molecule has 14 rings (SSSR count). The first kappa shape index (κ1) is 45.8. The first-order valence-electron chi connectivity index (χ1n) is 27.0. The van der Waals surface area contributed by atoms with Crippen molar-refractivity contribution in [2.75, 3.05) is 9.71 Å². The molecule has 3 nitrogen and oxygen atoms in total. The molecule has 2 aliphatic heterocycles. The van der Waals surface area contributed by atoms with Crippen LogP contribution in [0.3, 0.4) is 0 Å². The summed E-state index contributed by atoms with van der Waals surface area (Å²) in [6.45, 7) is 28.3. The second-order valence-corrected chi connectivity index (χ2v) is 27.0. The molecule has 5 heteroatoms. The van der Waals surface area contributed by atoms with Crippen LogP contribution in [0.5, 0.6) is 0 Å². The van der Waals surface area contributed by atoms with E-state index in [1.165, 1.54) is 109 Å². The maximum atomic E-state index is 7.92. The second-order valence-electron chi connectivity index (χ2n) is 25.9. The van der Waals surface area contributed by atoms with Crippen LogP contribution in [0.1, 0.15) is 129 Å². The third kappa shape index (κ3) is 6.32. The molecular formula is C69H65BN2OS. The Morgan fingerprint density at radius 3 is 1.91 bits per heavy atom. The molecule has 0 fully saturated rings. The van der Waals surface area contributed by atoms with Gasteiger partial charge >= 0.3 is 6.85 Å². The molecule has 0 spiro atoms. The molecule has 0 bridgehead atoms. The molecule has 0 saturated heterocycles. The minimum atomic E-state index is -0.316. The van der Waals surface area contributed by atoms with Crippen molar-refractivity contribution >= 4 is 88.9 Å². The Kier molecular flexibility index (Phi) is 9.38. The Balaban J connectivity index is 1.21. The molecule has 0 amide bonds. The summed E-state index contributed by atoms with van der Waals surface area (Å²) in [4.78, 5) is 5.38. The Morgan fingerprint density at radius 2 is 1.18 bits per heavy atom. The Bertz CT molecular complexity index is 4020. The summed E-state index contributed by atoms with van der Waals surface area (Å²) in [5.74, 6) is 0. The quantitative estimate of drug-likeness (QED) is 0.165. The Labute approximate surface area is 442 Å². The molecule has 0 unspecified atom stereocenters. The van der Waals surface area contributed by atoms with Crippen LogP contribution in [0.4, 0.5) is 28.4 Å². The number of furan rings is 1. The standard InChI is InChI=1S/C69H65BN2OS/c1-65(2,3)41-26-29-43(30-27-41)72-62-46(31-33-57-59(62)45-23-17-19-25-56(45)74-57)60-58-44-22-16-18-24-49(44)69(11,12)52(58)38-54-61(60)70(72)64-63(48-37-50-51(39-55(48)73-64)68(9,10)35-34-67(50,7)8)71(54)53-32-28-42(66(4,5)6)36-47(53)40-20-14-13-15-21-40/h13-33,36-39H,34-35H2,1-12H3. The number of nitrogens with zero attached hydrogens (tertiary/aromatic N) is 2. The van der Waals surface area contributed by atoms with E-state index >= 15 is 0 Å². The summed E-state index contributed by atoms with van der Waals surface area (Å²) >= 11 is 1.90. The van der Waals surface area contributed by atoms with Gasteiger partial charge in [0.25, 0.3) is 0 Å². The van der Waals surface area contributed by atoms with Crippen molar-refractivity contribution in [1.29, 1.82) is 0 Å². The second kappa shape index (κ2) is 15.2. The van der Waals surface area contributed by atoms with Gasteiger partial charge in [-0.25, -0.2) is 0 Å². The summed E-state index contributed by atoms with van der Waals surface area (Å²) in [7, 11) is 0. The van der Waals surface area contributed by atoms with E-state index in [1.54, 1.807) is 0 Å². The Morgan fingerprint density at radius 1 is 0.514 bits per heavy atom. The average molecular weight is 981 g/mol. The van der Waals surface area contributed by atoms with E-state index in [9.17, 15) is 0 Å². The van der Waals surface area contributed by atoms with E-state index in [2.05, 4.69) is 244 Å². The van der Waals surface area contributed by atoms with Gasteiger partial charge in [0.1, 0.15) is 11.2 Å². The number of hydrogen-bond donors (Lipinski definition) is 0. The largest absolute Gasteiger partial charge is 0.466 e. The summed E-state index contributed by atoms with van der Waals surface area (Å²) in [5, 5.41) is 3.77. The highest BCUT2D eigenvalue weighted by Gasteiger charge is 2.53. The molecule has 0 atom stereocenters. The first-order valence-corrected chi connectivity index (χ1v) is 27.8. The highest BCUT2D eigenvalue weighted by Crippen LogP contribution is 2.61. The van der Waals surface area contributed by atoms with E-state index in [4.69, 9.17) is 4.42 Å². The molecule has 2 aliphatic carbocycles. The minimum Gasteiger partial charge on any atom is -0.466 e. The van der Waals surface area contributed by atoms with Gasteiger partial charge in [0.2, 0.25) is 0 Å². The molecule has 4 heterocycles. The third-order valence-electron chi connectivity index (χ3n) is 18.0. The van der Waals surface area contributed by atoms with E-state index in [0.29, 0.717) is 0 Å². The van der Waals surface area contributed by atoms with Gasteiger partial charge in [-0.15, -0.1) is 11.3 Å². The van der Waals surface area contributed by atoms with E-state index in [-0.39, 0.29) is 33.9 Å². The fraction of sp³-hybridized carbons (Fsp3) is 0.275. The van der Waals surface area contributed by atoms with Crippen LogP contribution in [0.25, 0.3) is 64.5 Å². The minimum absolute atomic E-state index is 0.00142. The summed E-state index contributed by atoms with van der Waals surface area (Å²) in [6, 6.07) is 58.7. The van der Waals surface area contributed by atoms with Crippen LogP contribution in [-0.4, -0.2) is 6.85 Å². The molecule has 2 aromatic heterocycles. The molecular weight excluding hydrogens is 916 g/mol. The number of thiophene rings is 1. The smallest absolute Gasteiger partial charge is 0.375 e. The van der Waals surface area contributed by atoms with Gasteiger partial charge in [-0.05, 0) is 150 Å². The first-order chi connectivity index (χ1) is 35.2. The normalized spacial score (nSPS) is 16.8. The third-order valence-corrected chi connectivity index (χ3v) is 19.2. The molecule has 8 aromatic carbocycles. The van der Waals surface area contributed by atoms with Crippen molar-refractivity contribution in [3.63, 3.8) is 0 Å². The van der Waals surface area contributed by atoms with Gasteiger partial charge in [-0.1, -0.05) is 180 Å². The highest BCUT2D eigenvalue weighted by molar-refractivity contribution is 7.26. The van der Waals surface area contributed by atoms with Gasteiger partial charge in [0.05, 0.1) is 11.4 Å². The lowest BCUT2D eigenvalue weighted by atomic mass is 9.45. The molecule has 4 aliphatic rings. The number of anilines is 5. The van der Waals surface area contributed by atoms with Crippen LogP contribution in [-0.2, 0) is 27.1 Å². The SMILES string of the molecule is CC(C)(C)c1ccc(N2B3c4oc5cc6c(cc5c4N(c4ccc(C(C)(C)C)cc4-c4ccccc4)c4cc5c(c(c43)-c3ccc4sc7ccccc7c4c32)-c2ccccc2C5(C)C)C(C)(C)CCC6(C)C)cc1. The van der Waals surface area contributed by atoms with Crippen molar-refractivity contribution in [3.8, 4) is 33.4 Å². The van der Waals surface area contributed by atoms with Crippen molar-refractivity contribution in [3.05, 3.63) is 185 Å². The topological polar surface area (TPSA) is 19.6 Å². The van der Waals surface area contributed by atoms with Gasteiger partial charge in [0.15, 0.2) is 0 Å². The number of rotatable bonds is 3. The number of hydrogen-bond acceptors (Lipinski definition) is 4. The summed E-state index contributed by atoms with van der Waals surface area (Å²) in [5.41, 5.74) is 24.7. The van der Waals surface area contributed by atoms with Crippen molar-refractivity contribution in [2.45, 2.75) is 123 Å². The number of benzene rings is 8. The van der Waals surface area contributed by atoms with Gasteiger partial charge in [-0.2, -0.15) is 0 Å². The predicted octanol–water partition coefficient (Wildman–Crippen LogP) is 18.4. The Hall–Kier alpha value is -6.82. The van der Waals surface area contributed by atoms with Crippen LogP contribution in [0, 0.1) is 0 Å². The average Bonchev–Trinajstić information content (AvgIpc) is 4.08. The van der Waals surface area contributed by atoms with Gasteiger partial charge < -0.3 is 14.1 Å². The van der Waals surface area contributed by atoms with Crippen LogP contribution >= 0.6 is 11.3 Å². The zero-order valence-corrected chi connectivity index (χ0v) is 46.0. The lowest BCUT2D eigenvalue weighted by molar-refractivity contribution is 0.332. The van der Waals surface area contributed by atoms with E-state index in [1.807, 2.05) is 11.3 Å². The molecule has 0 saturated carbocycles. The lowest BCUT2D eigenvalue weighted by Gasteiger charge is -2.45. The monoisotopic (exact) mass is 980 g/mol. The van der Waals surface area contributed by atoms with E-state index in [0.717, 1.165) is 41.1 Å². The zero-order chi connectivity index (χ0) is 51.2. The zero-order valence-electron chi connectivity index (χ0n) is 45.1. The van der Waals surface area contributed by atoms with Crippen LogP contribution in [0.15, 0.2) is 156 Å². The maximum absolute atomic E-state index is 7.92. The van der Waals surface area contributed by atoms with Crippen molar-refractivity contribution in [2.24, 2.45) is 0 Å². The van der Waals surface area contributed by atoms with Crippen LogP contribution in [0.2, 0.25) is 0 Å². The van der Waals surface area contributed by atoms with Crippen molar-refractivity contribution in [1.82, 2.24) is 0 Å². The van der Waals surface area contributed by atoms with Crippen LogP contribution < -0.4 is 20.8 Å². The fourth-order valence-corrected chi connectivity index (χ4v) is 14.9. The molecule has 74 heavy (non-hydrogen) atoms. The summed E-state index contributed by atoms with van der Waals surface area (Å²) < 4.78 is 10.5. The van der Waals surface area contributed by atoms with Crippen molar-refractivity contribution < 1.29 is 4.42 Å². The number of fused-ring (bicyclic) bond motifs is 15. The molecule has 0 N–H and O–H groups in total. The fourth-order valence-electron chi connectivity index (χ4n) is 13.7. The maximum Gasteiger partial charge on any atom is 0.375 e. The molecule has 366 valence electrons. The molecule has 0 radical (unpaired) electrons. The van der Waals surface area contributed by atoms with E-state index < -0.39 is 0 Å². The molecule has 10 aromatic rings. The summed E-state index contributed by atoms with van der Waals surface area (Å²) in [6.07, 6.45) is 2.26. The van der Waals surface area contributed by atoms with Gasteiger partial charge in [0, 0.05) is 59.2 Å². The predicted molar refractivity (Wildman–Crippen MR) is 319 cm³/mol. The van der Waals surface area contributed by atoms with Gasteiger partial charge in [-0.3, -0.25) is 0 Å². The lowest BCUT2D eigenvalue weighted by Crippen LogP contribution is -2.61.